The van der Waals surface area contributed by atoms with E-state index in [1.54, 1.807) is 0 Å². The number of hydrogen-bond donors (Lipinski definition) is 1. The van der Waals surface area contributed by atoms with Crippen LogP contribution in [0.3, 0.4) is 0 Å². The van der Waals surface area contributed by atoms with Gasteiger partial charge < -0.3 is 0 Å². The zero-order valence-electron chi connectivity index (χ0n) is 3.51. The van der Waals surface area contributed by atoms with Gasteiger partial charge >= 0.3 is 0 Å². The number of sulfonamides is 1. The van der Waals surface area contributed by atoms with Gasteiger partial charge in [-0.05, 0) is 0 Å². The molecule has 0 radical (unpaired) electrons. The Balaban J connectivity index is 3.85. The van der Waals surface area contributed by atoms with E-state index in [4.69, 9.17) is 0 Å². The van der Waals surface area contributed by atoms with Crippen LogP contribution in [0.15, 0.2) is 0 Å². The highest BCUT2D eigenvalue weighted by molar-refractivity contribution is 7.90. The van der Waals surface area contributed by atoms with E-state index in [-0.39, 0.29) is 5.38 Å². The van der Waals surface area contributed by atoms with E-state index in [0.29, 0.717) is 10.2 Å². The summed E-state index contributed by atoms with van der Waals surface area (Å²) in [4.78, 5) is 0. The molecule has 6 heavy (non-hydrogen) atoms. The molecule has 2 N–H and O–H groups in total. The first-order valence-electron chi connectivity index (χ1n) is 1.56. The van der Waals surface area contributed by atoms with Crippen molar-refractivity contribution in [2.45, 2.75) is 0 Å². The van der Waals surface area contributed by atoms with Crippen molar-refractivity contribution in [2.24, 2.45) is 5.14 Å². The minimum absolute atomic E-state index is 0.160. The number of hydrogen-bond acceptors (Lipinski definition) is 2. The molecular weight excluding hydrogens is 118 g/mol. The summed E-state index contributed by atoms with van der Waals surface area (Å²) in [5.41, 5.74) is 0. The normalized spacial score (nSPS) is 12.2. The Morgan fingerprint density at radius 3 is 1.83 bits per heavy atom. The van der Waals surface area contributed by atoms with Crippen molar-refractivity contribution in [3.63, 3.8) is 0 Å². The van der Waals surface area contributed by atoms with Gasteiger partial charge in [0, 0.05) is 15.6 Å². The number of nitrogens with two attached hydrogens (primary N) is 1. The highest BCUT2D eigenvalue weighted by Gasteiger charge is 1.90. The molecule has 0 aliphatic carbocycles. The van der Waals surface area contributed by atoms with Crippen molar-refractivity contribution in [1.29, 1.82) is 0 Å². The van der Waals surface area contributed by atoms with E-state index in [9.17, 15) is 8.42 Å². The van der Waals surface area contributed by atoms with Gasteiger partial charge in [-0.2, -0.15) is 0 Å². The third kappa shape index (κ3) is 4.13. The number of primary sulfonamides is 1. The maximum absolute atomic E-state index is 9.81. The molecule has 0 bridgehead atoms. The minimum atomic E-state index is -3.10. The summed E-state index contributed by atoms with van der Waals surface area (Å²) in [5.74, 6) is 0. The van der Waals surface area contributed by atoms with Crippen LogP contribution in [0.4, 0.5) is 0 Å². The Kier molecular flexibility index (Phi) is 1.76. The Morgan fingerprint density at radius 2 is 1.83 bits per heavy atom. The molecule has 0 aromatic carbocycles. The molecule has 0 aliphatic heterocycles. The predicted molar refractivity (Wildman–Crippen MR) is 27.9 cm³/mol. The lowest BCUT2D eigenvalue weighted by molar-refractivity contribution is 0.602. The molecule has 0 unspecified atom stereocenters. The van der Waals surface area contributed by atoms with Crippen LogP contribution in [0, 0.1) is 0 Å². The van der Waals surface area contributed by atoms with E-state index in [0.717, 1.165) is 0 Å². The second-order valence-electron chi connectivity index (χ2n) is 0.952. The molecule has 0 aliphatic rings. The Bertz CT molecular complexity index is 116. The summed E-state index contributed by atoms with van der Waals surface area (Å²) < 4.78 is 19.6. The van der Waals surface area contributed by atoms with Crippen LogP contribution >= 0.6 is 0 Å². The SMILES string of the molecule is NS(=O)(=O)C[SiH3]. The molecule has 38 valence electrons. The molecule has 0 atom stereocenters. The standard InChI is InChI=1S/CH7NO2SSi/c2-5(3,4)1-6/h1H2,6H3,(H2,2,3,4). The van der Waals surface area contributed by atoms with Crippen LogP contribution < -0.4 is 5.14 Å². The first-order chi connectivity index (χ1) is 2.56. The van der Waals surface area contributed by atoms with Crippen LogP contribution in [0.2, 0.25) is 0 Å². The van der Waals surface area contributed by atoms with E-state index < -0.39 is 10.0 Å². The monoisotopic (exact) mass is 125 g/mol. The smallest absolute Gasteiger partial charge is 0.205 e. The lowest BCUT2D eigenvalue weighted by Crippen LogP contribution is -2.15. The highest BCUT2D eigenvalue weighted by Crippen LogP contribution is 1.63. The summed E-state index contributed by atoms with van der Waals surface area (Å²) in [5, 5.41) is 4.70. The molecule has 0 saturated heterocycles. The molecular formula is CH7NO2SSi. The third-order valence-electron chi connectivity index (χ3n) is 0.402. The van der Waals surface area contributed by atoms with Crippen LogP contribution in [-0.2, 0) is 10.0 Å². The van der Waals surface area contributed by atoms with Gasteiger partial charge in [-0.15, -0.1) is 0 Å². The number of rotatable bonds is 1. The lowest BCUT2D eigenvalue weighted by atomic mass is 11.9. The zero-order chi connectivity index (χ0) is 5.21. The molecule has 3 nitrogen and oxygen atoms in total. The van der Waals surface area contributed by atoms with E-state index in [1.165, 1.54) is 0 Å². The van der Waals surface area contributed by atoms with Gasteiger partial charge in [0.15, 0.2) is 0 Å². The molecule has 0 fully saturated rings. The van der Waals surface area contributed by atoms with Gasteiger partial charge in [-0.25, -0.2) is 13.6 Å². The van der Waals surface area contributed by atoms with Crippen molar-refractivity contribution in [3.8, 4) is 0 Å². The maximum atomic E-state index is 9.81. The summed E-state index contributed by atoms with van der Waals surface area (Å²) in [6, 6.07) is 0. The molecule has 5 heteroatoms. The fourth-order valence-corrected chi connectivity index (χ4v) is 0. The van der Waals surface area contributed by atoms with Gasteiger partial charge in [-0.3, -0.25) is 0 Å². The molecule has 0 spiro atoms. The maximum Gasteiger partial charge on any atom is 0.205 e. The van der Waals surface area contributed by atoms with Gasteiger partial charge in [0.05, 0.1) is 0 Å². The third-order valence-corrected chi connectivity index (χ3v) is 3.62. The van der Waals surface area contributed by atoms with Crippen molar-refractivity contribution in [2.75, 3.05) is 5.38 Å². The highest BCUT2D eigenvalue weighted by atomic mass is 32.2. The largest absolute Gasteiger partial charge is 0.229 e. The van der Waals surface area contributed by atoms with Crippen molar-refractivity contribution in [3.05, 3.63) is 0 Å². The van der Waals surface area contributed by atoms with E-state index in [1.807, 2.05) is 0 Å². The van der Waals surface area contributed by atoms with Crippen molar-refractivity contribution in [1.82, 2.24) is 0 Å². The van der Waals surface area contributed by atoms with Crippen LogP contribution in [0.5, 0.6) is 0 Å². The Labute approximate surface area is 40.0 Å². The topological polar surface area (TPSA) is 60.2 Å². The summed E-state index contributed by atoms with van der Waals surface area (Å²) in [7, 11) is -2.47. The van der Waals surface area contributed by atoms with Gasteiger partial charge in [0.25, 0.3) is 0 Å². The minimum Gasteiger partial charge on any atom is -0.229 e. The summed E-state index contributed by atoms with van der Waals surface area (Å²) in [6.07, 6.45) is 0. The Morgan fingerprint density at radius 1 is 1.67 bits per heavy atom. The van der Waals surface area contributed by atoms with Crippen LogP contribution in [0.25, 0.3) is 0 Å². The molecule has 0 heterocycles. The van der Waals surface area contributed by atoms with Gasteiger partial charge in [0.2, 0.25) is 10.0 Å². The fraction of sp³-hybridized carbons (Fsp3) is 1.00. The van der Waals surface area contributed by atoms with Crippen LogP contribution in [0.1, 0.15) is 0 Å². The molecule has 0 rings (SSSR count). The summed E-state index contributed by atoms with van der Waals surface area (Å²) in [6.45, 7) is 0. The molecule has 0 amide bonds. The lowest BCUT2D eigenvalue weighted by Gasteiger charge is -1.81. The van der Waals surface area contributed by atoms with Crippen molar-refractivity contribution >= 4 is 20.3 Å². The fourth-order valence-electron chi connectivity index (χ4n) is 0. The molecule has 0 aromatic heterocycles. The zero-order valence-corrected chi connectivity index (χ0v) is 6.33. The first-order valence-corrected chi connectivity index (χ1v) is 4.69. The Hall–Kier alpha value is 0.127. The molecule has 0 aromatic rings. The van der Waals surface area contributed by atoms with E-state index in [2.05, 4.69) is 5.14 Å². The average Bonchev–Trinajstić information content (AvgIpc) is 1.35. The second kappa shape index (κ2) is 1.72. The molecule has 0 saturated carbocycles. The average molecular weight is 125 g/mol. The summed E-state index contributed by atoms with van der Waals surface area (Å²) >= 11 is 0. The second-order valence-corrected chi connectivity index (χ2v) is 4.59. The quantitative estimate of drug-likeness (QED) is 0.397. The van der Waals surface area contributed by atoms with Gasteiger partial charge in [-0.1, -0.05) is 0 Å². The van der Waals surface area contributed by atoms with E-state index >= 15 is 0 Å². The van der Waals surface area contributed by atoms with Crippen molar-refractivity contribution < 1.29 is 8.42 Å². The van der Waals surface area contributed by atoms with Gasteiger partial charge in [0.1, 0.15) is 0 Å². The first kappa shape index (κ1) is 6.13. The van der Waals surface area contributed by atoms with Crippen LogP contribution in [-0.4, -0.2) is 24.0 Å². The predicted octanol–water partition coefficient (Wildman–Crippen LogP) is -2.40.